The van der Waals surface area contributed by atoms with Crippen LogP contribution in [0.3, 0.4) is 0 Å². The third-order valence-electron chi connectivity index (χ3n) is 4.67. The molecule has 2 aliphatic heterocycles. The van der Waals surface area contributed by atoms with Crippen LogP contribution in [-0.2, 0) is 0 Å². The van der Waals surface area contributed by atoms with Crippen molar-refractivity contribution in [1.29, 1.82) is 0 Å². The Morgan fingerprint density at radius 2 is 2.19 bits per heavy atom. The quantitative estimate of drug-likeness (QED) is 0.925. The lowest BCUT2D eigenvalue weighted by Crippen LogP contribution is -2.47. The molecule has 5 heteroatoms. The largest absolute Gasteiger partial charge is 0.348 e. The van der Waals surface area contributed by atoms with Crippen molar-refractivity contribution in [2.45, 2.75) is 18.9 Å². The van der Waals surface area contributed by atoms with Crippen molar-refractivity contribution in [3.8, 4) is 0 Å². The highest BCUT2D eigenvalue weighted by Gasteiger charge is 2.32. The number of pyridine rings is 1. The van der Waals surface area contributed by atoms with Gasteiger partial charge in [0.05, 0.1) is 16.1 Å². The van der Waals surface area contributed by atoms with Gasteiger partial charge in [0, 0.05) is 31.5 Å². The highest BCUT2D eigenvalue weighted by molar-refractivity contribution is 6.34. The summed E-state index contributed by atoms with van der Waals surface area (Å²) in [5.41, 5.74) is 1.61. The van der Waals surface area contributed by atoms with E-state index in [0.29, 0.717) is 10.6 Å². The first-order chi connectivity index (χ1) is 10.2. The number of nitrogens with one attached hydrogen (secondary N) is 1. The molecule has 0 aromatic carbocycles. The summed E-state index contributed by atoms with van der Waals surface area (Å²) < 4.78 is 1.89. The predicted molar refractivity (Wildman–Crippen MR) is 82.8 cm³/mol. The summed E-state index contributed by atoms with van der Waals surface area (Å²) in [6, 6.07) is 5.85. The van der Waals surface area contributed by atoms with E-state index in [1.165, 1.54) is 19.5 Å². The third-order valence-corrected chi connectivity index (χ3v) is 4.99. The first kappa shape index (κ1) is 13.2. The third kappa shape index (κ3) is 2.43. The van der Waals surface area contributed by atoms with Crippen LogP contribution in [0, 0.1) is 5.92 Å². The molecular formula is C16H18ClN3O. The number of amides is 1. The molecule has 0 radical (unpaired) electrons. The molecule has 4 heterocycles. The van der Waals surface area contributed by atoms with Crippen molar-refractivity contribution in [1.82, 2.24) is 14.6 Å². The number of nitrogens with zero attached hydrogens (tertiary/aromatic N) is 2. The molecular weight excluding hydrogens is 286 g/mol. The maximum absolute atomic E-state index is 12.4. The van der Waals surface area contributed by atoms with Gasteiger partial charge in [-0.3, -0.25) is 4.79 Å². The van der Waals surface area contributed by atoms with E-state index < -0.39 is 0 Å². The highest BCUT2D eigenvalue weighted by atomic mass is 35.5. The minimum atomic E-state index is 0.00854. The first-order valence-electron chi connectivity index (χ1n) is 7.48. The lowest BCUT2D eigenvalue weighted by Gasteiger charge is -2.30. The van der Waals surface area contributed by atoms with Crippen LogP contribution in [0.1, 0.15) is 23.2 Å². The molecule has 0 spiro atoms. The van der Waals surface area contributed by atoms with E-state index in [4.69, 9.17) is 11.6 Å². The molecule has 2 saturated heterocycles. The lowest BCUT2D eigenvalue weighted by molar-refractivity contribution is 0.0909. The summed E-state index contributed by atoms with van der Waals surface area (Å²) in [6.07, 6.45) is 6.11. The number of piperidine rings is 1. The summed E-state index contributed by atoms with van der Waals surface area (Å²) in [6.45, 7) is 3.38. The maximum Gasteiger partial charge on any atom is 0.253 e. The Morgan fingerprint density at radius 1 is 1.29 bits per heavy atom. The number of rotatable bonds is 2. The first-order valence-corrected chi connectivity index (χ1v) is 7.86. The summed E-state index contributed by atoms with van der Waals surface area (Å²) in [5.74, 6) is 0.768. The number of carbonyl (C=O) groups excluding carboxylic acids is 1. The number of fused-ring (bicyclic) bond motifs is 3. The molecule has 0 saturated carbocycles. The number of halogens is 1. The average Bonchev–Trinajstić information content (AvgIpc) is 3.02. The van der Waals surface area contributed by atoms with Gasteiger partial charge in [-0.25, -0.2) is 0 Å². The van der Waals surface area contributed by atoms with Crippen LogP contribution in [0.4, 0.5) is 0 Å². The second-order valence-electron chi connectivity index (χ2n) is 6.19. The Kier molecular flexibility index (Phi) is 3.16. The van der Waals surface area contributed by atoms with Crippen LogP contribution in [0.15, 0.2) is 30.6 Å². The van der Waals surface area contributed by atoms with Gasteiger partial charge in [-0.1, -0.05) is 11.6 Å². The second kappa shape index (κ2) is 5.04. The molecule has 2 aromatic heterocycles. The van der Waals surface area contributed by atoms with Gasteiger partial charge < -0.3 is 14.6 Å². The summed E-state index contributed by atoms with van der Waals surface area (Å²) in [5, 5.41) is 3.89. The number of hydrogen-bond donors (Lipinski definition) is 1. The second-order valence-corrected chi connectivity index (χ2v) is 6.60. The van der Waals surface area contributed by atoms with E-state index in [-0.39, 0.29) is 11.9 Å². The molecule has 3 unspecified atom stereocenters. The Bertz CT molecular complexity index is 684. The Balaban J connectivity index is 1.50. The van der Waals surface area contributed by atoms with Crippen molar-refractivity contribution in [2.24, 2.45) is 5.92 Å². The Morgan fingerprint density at radius 3 is 3.05 bits per heavy atom. The van der Waals surface area contributed by atoms with Gasteiger partial charge in [0.2, 0.25) is 0 Å². The highest BCUT2D eigenvalue weighted by Crippen LogP contribution is 2.27. The van der Waals surface area contributed by atoms with Gasteiger partial charge in [-0.05, 0) is 43.5 Å². The molecule has 1 N–H and O–H groups in total. The zero-order valence-corrected chi connectivity index (χ0v) is 12.5. The van der Waals surface area contributed by atoms with Crippen LogP contribution >= 0.6 is 11.6 Å². The van der Waals surface area contributed by atoms with Gasteiger partial charge in [0.1, 0.15) is 0 Å². The summed E-state index contributed by atoms with van der Waals surface area (Å²) in [4.78, 5) is 14.9. The van der Waals surface area contributed by atoms with E-state index >= 15 is 0 Å². The monoisotopic (exact) mass is 303 g/mol. The van der Waals surface area contributed by atoms with Crippen LogP contribution in [0.25, 0.3) is 5.52 Å². The average molecular weight is 304 g/mol. The zero-order valence-electron chi connectivity index (χ0n) is 11.8. The van der Waals surface area contributed by atoms with Crippen molar-refractivity contribution >= 4 is 23.0 Å². The Labute approximate surface area is 128 Å². The molecule has 1 amide bonds. The van der Waals surface area contributed by atoms with E-state index in [9.17, 15) is 4.79 Å². The Hall–Kier alpha value is -1.52. The SMILES string of the molecule is O=C(NC1CC2CCN(C2)C1)c1ccc2c(Cl)ccn2c1. The van der Waals surface area contributed by atoms with Gasteiger partial charge in [0.25, 0.3) is 5.91 Å². The van der Waals surface area contributed by atoms with E-state index in [0.717, 1.165) is 24.4 Å². The minimum Gasteiger partial charge on any atom is -0.348 e. The molecule has 4 nitrogen and oxygen atoms in total. The molecule has 2 aliphatic rings. The molecule has 2 aromatic rings. The van der Waals surface area contributed by atoms with Crippen molar-refractivity contribution < 1.29 is 4.79 Å². The van der Waals surface area contributed by atoms with Crippen LogP contribution < -0.4 is 5.32 Å². The molecule has 0 aliphatic carbocycles. The normalized spacial score (nSPS) is 28.0. The predicted octanol–water partition coefficient (Wildman–Crippen LogP) is 2.42. The fraction of sp³-hybridized carbons (Fsp3) is 0.438. The number of aromatic nitrogens is 1. The van der Waals surface area contributed by atoms with Gasteiger partial charge in [-0.2, -0.15) is 0 Å². The fourth-order valence-corrected chi connectivity index (χ4v) is 3.86. The smallest absolute Gasteiger partial charge is 0.253 e. The maximum atomic E-state index is 12.4. The van der Waals surface area contributed by atoms with Crippen molar-refractivity contribution in [3.05, 3.63) is 41.2 Å². The minimum absolute atomic E-state index is 0.00854. The van der Waals surface area contributed by atoms with Crippen LogP contribution in [-0.4, -0.2) is 40.9 Å². The number of carbonyl (C=O) groups is 1. The van der Waals surface area contributed by atoms with Gasteiger partial charge >= 0.3 is 0 Å². The van der Waals surface area contributed by atoms with Crippen LogP contribution in [0.2, 0.25) is 5.02 Å². The van der Waals surface area contributed by atoms with Gasteiger partial charge in [-0.15, -0.1) is 0 Å². The molecule has 2 fully saturated rings. The molecule has 4 rings (SSSR count). The van der Waals surface area contributed by atoms with E-state index in [1.807, 2.05) is 35.0 Å². The van der Waals surface area contributed by atoms with E-state index in [2.05, 4.69) is 10.2 Å². The summed E-state index contributed by atoms with van der Waals surface area (Å²) in [7, 11) is 0. The van der Waals surface area contributed by atoms with Gasteiger partial charge in [0.15, 0.2) is 0 Å². The lowest BCUT2D eigenvalue weighted by atomic mass is 9.96. The van der Waals surface area contributed by atoms with Crippen molar-refractivity contribution in [2.75, 3.05) is 19.6 Å². The molecule has 21 heavy (non-hydrogen) atoms. The van der Waals surface area contributed by atoms with Crippen molar-refractivity contribution in [3.63, 3.8) is 0 Å². The number of hydrogen-bond acceptors (Lipinski definition) is 2. The zero-order chi connectivity index (χ0) is 14.4. The standard InChI is InChI=1S/C16H18ClN3O/c17-14-4-6-20-9-12(1-2-15(14)20)16(21)18-13-7-11-3-5-19(8-11)10-13/h1-2,4,6,9,11,13H,3,5,7-8,10H2,(H,18,21). The topological polar surface area (TPSA) is 36.8 Å². The molecule has 3 atom stereocenters. The van der Waals surface area contributed by atoms with Crippen LogP contribution in [0.5, 0.6) is 0 Å². The van der Waals surface area contributed by atoms with E-state index in [1.54, 1.807) is 0 Å². The molecule has 2 bridgehead atoms. The summed E-state index contributed by atoms with van der Waals surface area (Å²) >= 11 is 6.07. The fourth-order valence-electron chi connectivity index (χ4n) is 3.64. The molecule has 110 valence electrons.